The molecule has 1 fully saturated rings. The van der Waals surface area contributed by atoms with Crippen LogP contribution in [0.5, 0.6) is 0 Å². The van der Waals surface area contributed by atoms with E-state index < -0.39 is 10.0 Å². The smallest absolute Gasteiger partial charge is 0.211 e. The molecule has 2 aromatic rings. The number of hydrogen-bond donors (Lipinski definition) is 0. The van der Waals surface area contributed by atoms with Gasteiger partial charge in [-0.3, -0.25) is 4.68 Å². The van der Waals surface area contributed by atoms with E-state index in [4.69, 9.17) is 0 Å². The SMILES string of the molecule is Cc1nc(N2CCCN(S(C)(=O)=O)CC2)c2cnn(C)c2n1. The van der Waals surface area contributed by atoms with E-state index in [2.05, 4.69) is 20.0 Å². The van der Waals surface area contributed by atoms with Gasteiger partial charge in [0.25, 0.3) is 0 Å². The first-order valence-electron chi connectivity index (χ1n) is 7.22. The van der Waals surface area contributed by atoms with Crippen LogP contribution in [0, 0.1) is 6.92 Å². The molecule has 120 valence electrons. The van der Waals surface area contributed by atoms with Gasteiger partial charge in [-0.1, -0.05) is 0 Å². The second-order valence-corrected chi connectivity index (χ2v) is 7.58. The summed E-state index contributed by atoms with van der Waals surface area (Å²) in [5.41, 5.74) is 0.798. The summed E-state index contributed by atoms with van der Waals surface area (Å²) in [6, 6.07) is 0. The van der Waals surface area contributed by atoms with Crippen LogP contribution in [0.25, 0.3) is 11.0 Å². The molecule has 1 saturated heterocycles. The third kappa shape index (κ3) is 2.78. The number of fused-ring (bicyclic) bond motifs is 1. The van der Waals surface area contributed by atoms with Crippen molar-refractivity contribution >= 4 is 26.9 Å². The predicted molar refractivity (Wildman–Crippen MR) is 84.3 cm³/mol. The van der Waals surface area contributed by atoms with Gasteiger partial charge in [-0.25, -0.2) is 22.7 Å². The molecule has 0 aliphatic carbocycles. The van der Waals surface area contributed by atoms with Crippen LogP contribution >= 0.6 is 0 Å². The van der Waals surface area contributed by atoms with Crippen LogP contribution in [0.2, 0.25) is 0 Å². The number of sulfonamides is 1. The lowest BCUT2D eigenvalue weighted by Crippen LogP contribution is -2.34. The largest absolute Gasteiger partial charge is 0.355 e. The highest BCUT2D eigenvalue weighted by Crippen LogP contribution is 2.24. The van der Waals surface area contributed by atoms with Crippen molar-refractivity contribution in [3.05, 3.63) is 12.0 Å². The summed E-state index contributed by atoms with van der Waals surface area (Å²) in [6.45, 7) is 4.27. The zero-order valence-electron chi connectivity index (χ0n) is 13.0. The van der Waals surface area contributed by atoms with Gasteiger partial charge in [0.05, 0.1) is 17.8 Å². The van der Waals surface area contributed by atoms with Gasteiger partial charge in [0.15, 0.2) is 5.65 Å². The summed E-state index contributed by atoms with van der Waals surface area (Å²) in [7, 11) is -1.29. The summed E-state index contributed by atoms with van der Waals surface area (Å²) in [5.74, 6) is 1.53. The quantitative estimate of drug-likeness (QED) is 0.781. The maximum absolute atomic E-state index is 11.7. The van der Waals surface area contributed by atoms with Gasteiger partial charge in [0.2, 0.25) is 10.0 Å². The van der Waals surface area contributed by atoms with Crippen LogP contribution in [0.15, 0.2) is 6.20 Å². The molecule has 0 atom stereocenters. The third-order valence-electron chi connectivity index (χ3n) is 3.91. The molecular formula is C13H20N6O2S. The monoisotopic (exact) mass is 324 g/mol. The number of hydrogen-bond acceptors (Lipinski definition) is 6. The van der Waals surface area contributed by atoms with Gasteiger partial charge < -0.3 is 4.90 Å². The first-order chi connectivity index (χ1) is 10.4. The van der Waals surface area contributed by atoms with Crippen molar-refractivity contribution < 1.29 is 8.42 Å². The zero-order valence-corrected chi connectivity index (χ0v) is 13.8. The highest BCUT2D eigenvalue weighted by molar-refractivity contribution is 7.88. The van der Waals surface area contributed by atoms with E-state index in [1.165, 1.54) is 10.6 Å². The van der Waals surface area contributed by atoms with Crippen molar-refractivity contribution in [2.45, 2.75) is 13.3 Å². The first kappa shape index (κ1) is 15.2. The lowest BCUT2D eigenvalue weighted by atomic mass is 10.3. The van der Waals surface area contributed by atoms with E-state index in [9.17, 15) is 8.42 Å². The molecule has 0 amide bonds. The van der Waals surface area contributed by atoms with Crippen LogP contribution in [0.1, 0.15) is 12.2 Å². The van der Waals surface area contributed by atoms with E-state index in [0.29, 0.717) is 25.5 Å². The summed E-state index contributed by atoms with van der Waals surface area (Å²) in [6.07, 6.45) is 3.80. The summed E-state index contributed by atoms with van der Waals surface area (Å²) < 4.78 is 26.7. The molecule has 0 radical (unpaired) electrons. The Morgan fingerprint density at radius 3 is 2.64 bits per heavy atom. The Kier molecular flexibility index (Phi) is 3.77. The van der Waals surface area contributed by atoms with Gasteiger partial charge >= 0.3 is 0 Å². The van der Waals surface area contributed by atoms with E-state index in [1.54, 1.807) is 10.9 Å². The molecule has 0 spiro atoms. The Morgan fingerprint density at radius 2 is 1.91 bits per heavy atom. The molecule has 9 heteroatoms. The standard InChI is InChI=1S/C13H20N6O2S/c1-10-15-12-11(9-14-17(12)2)13(16-10)18-5-4-6-19(8-7-18)22(3,20)21/h9H,4-8H2,1-3H3. The first-order valence-corrected chi connectivity index (χ1v) is 9.07. The van der Waals surface area contributed by atoms with Gasteiger partial charge in [-0.2, -0.15) is 5.10 Å². The van der Waals surface area contributed by atoms with E-state index in [-0.39, 0.29) is 0 Å². The molecule has 2 aromatic heterocycles. The van der Waals surface area contributed by atoms with Gasteiger partial charge in [-0.15, -0.1) is 0 Å². The molecule has 8 nitrogen and oxygen atoms in total. The summed E-state index contributed by atoms with van der Waals surface area (Å²) in [5, 5.41) is 5.15. The fourth-order valence-corrected chi connectivity index (χ4v) is 3.67. The van der Waals surface area contributed by atoms with Crippen molar-refractivity contribution in [3.8, 4) is 0 Å². The van der Waals surface area contributed by atoms with Crippen molar-refractivity contribution in [2.24, 2.45) is 7.05 Å². The minimum Gasteiger partial charge on any atom is -0.355 e. The Labute approximate surface area is 129 Å². The molecule has 0 unspecified atom stereocenters. The lowest BCUT2D eigenvalue weighted by molar-refractivity contribution is 0.437. The number of aryl methyl sites for hydroxylation is 2. The average molecular weight is 324 g/mol. The molecule has 0 saturated carbocycles. The molecule has 1 aliphatic rings. The van der Waals surface area contributed by atoms with Crippen LogP contribution in [0.3, 0.4) is 0 Å². The van der Waals surface area contributed by atoms with Crippen LogP contribution in [0.4, 0.5) is 5.82 Å². The fourth-order valence-electron chi connectivity index (χ4n) is 2.79. The van der Waals surface area contributed by atoms with Crippen molar-refractivity contribution in [2.75, 3.05) is 37.3 Å². The summed E-state index contributed by atoms with van der Waals surface area (Å²) >= 11 is 0. The molecular weight excluding hydrogens is 304 g/mol. The highest BCUT2D eigenvalue weighted by atomic mass is 32.2. The van der Waals surface area contributed by atoms with Crippen molar-refractivity contribution in [3.63, 3.8) is 0 Å². The van der Waals surface area contributed by atoms with Gasteiger partial charge in [-0.05, 0) is 13.3 Å². The second-order valence-electron chi connectivity index (χ2n) is 5.60. The average Bonchev–Trinajstić information content (AvgIpc) is 2.67. The Balaban J connectivity index is 1.95. The molecule has 0 aromatic carbocycles. The lowest BCUT2D eigenvalue weighted by Gasteiger charge is -2.22. The number of anilines is 1. The minimum atomic E-state index is -3.14. The van der Waals surface area contributed by atoms with Crippen LogP contribution < -0.4 is 4.90 Å². The maximum atomic E-state index is 11.7. The molecule has 3 heterocycles. The number of rotatable bonds is 2. The Hall–Kier alpha value is -1.74. The second kappa shape index (κ2) is 5.47. The molecule has 0 bridgehead atoms. The van der Waals surface area contributed by atoms with E-state index in [0.717, 1.165) is 29.8 Å². The van der Waals surface area contributed by atoms with Crippen molar-refractivity contribution in [1.29, 1.82) is 0 Å². The van der Waals surface area contributed by atoms with E-state index >= 15 is 0 Å². The Bertz CT molecular complexity index is 800. The Morgan fingerprint density at radius 1 is 1.14 bits per heavy atom. The highest BCUT2D eigenvalue weighted by Gasteiger charge is 2.23. The molecule has 1 aliphatic heterocycles. The molecule has 22 heavy (non-hydrogen) atoms. The minimum absolute atomic E-state index is 0.476. The van der Waals surface area contributed by atoms with Crippen LogP contribution in [-0.4, -0.2) is 64.9 Å². The van der Waals surface area contributed by atoms with Gasteiger partial charge in [0.1, 0.15) is 11.6 Å². The zero-order chi connectivity index (χ0) is 15.9. The number of aromatic nitrogens is 4. The fraction of sp³-hybridized carbons (Fsp3) is 0.615. The molecule has 3 rings (SSSR count). The third-order valence-corrected chi connectivity index (χ3v) is 5.21. The topological polar surface area (TPSA) is 84.2 Å². The number of nitrogens with zero attached hydrogens (tertiary/aromatic N) is 6. The normalized spacial score (nSPS) is 17.9. The summed E-state index contributed by atoms with van der Waals surface area (Å²) in [4.78, 5) is 11.1. The van der Waals surface area contributed by atoms with Gasteiger partial charge in [0, 0.05) is 33.2 Å². The van der Waals surface area contributed by atoms with E-state index in [1.807, 2.05) is 14.0 Å². The maximum Gasteiger partial charge on any atom is 0.211 e. The van der Waals surface area contributed by atoms with Crippen molar-refractivity contribution in [1.82, 2.24) is 24.1 Å². The van der Waals surface area contributed by atoms with Crippen LogP contribution in [-0.2, 0) is 17.1 Å². The molecule has 0 N–H and O–H groups in total. The predicted octanol–water partition coefficient (Wildman–Crippen LogP) is 0.143.